The van der Waals surface area contributed by atoms with Gasteiger partial charge >= 0.3 is 0 Å². The quantitative estimate of drug-likeness (QED) is 0.214. The molecule has 0 fully saturated rings. The number of tetrazole rings is 1. The van der Waals surface area contributed by atoms with Crippen LogP contribution in [-0.2, 0) is 24.4 Å². The van der Waals surface area contributed by atoms with Crippen LogP contribution in [0.4, 0.5) is 0 Å². The Morgan fingerprint density at radius 1 is 0.872 bits per heavy atom. The lowest BCUT2D eigenvalue weighted by Gasteiger charge is -2.35. The Hall–Kier alpha value is -4.58. The van der Waals surface area contributed by atoms with Crippen LogP contribution in [-0.4, -0.2) is 26.5 Å². The topological polar surface area (TPSA) is 69.9 Å². The van der Waals surface area contributed by atoms with Crippen molar-refractivity contribution in [1.29, 1.82) is 0 Å². The van der Waals surface area contributed by atoms with Crippen LogP contribution in [0, 0.1) is 0 Å². The third-order valence-electron chi connectivity index (χ3n) is 7.48. The number of carbonyl (C=O) groups excluding carboxylic acids is 1. The summed E-state index contributed by atoms with van der Waals surface area (Å²) in [6, 6.07) is 36.2. The van der Waals surface area contributed by atoms with E-state index in [4.69, 9.17) is 4.74 Å². The third kappa shape index (κ3) is 5.50. The molecule has 2 atom stereocenters. The Morgan fingerprint density at radius 2 is 1.64 bits per heavy atom. The highest BCUT2D eigenvalue weighted by molar-refractivity contribution is 5.56. The third-order valence-corrected chi connectivity index (χ3v) is 7.48. The molecular formula is C33H30N4O2. The number of hydrogen-bond acceptors (Lipinski definition) is 5. The molecule has 1 aliphatic carbocycles. The molecule has 39 heavy (non-hydrogen) atoms. The highest BCUT2D eigenvalue weighted by Gasteiger charge is 2.32. The lowest BCUT2D eigenvalue weighted by Crippen LogP contribution is -2.20. The lowest BCUT2D eigenvalue weighted by molar-refractivity contribution is -0.108. The summed E-state index contributed by atoms with van der Waals surface area (Å²) in [7, 11) is 0. The highest BCUT2D eigenvalue weighted by Crippen LogP contribution is 2.47. The Bertz CT molecular complexity index is 1530. The van der Waals surface area contributed by atoms with Gasteiger partial charge in [-0.25, -0.2) is 0 Å². The van der Waals surface area contributed by atoms with Gasteiger partial charge in [0.25, 0.3) is 0 Å². The van der Waals surface area contributed by atoms with Crippen molar-refractivity contribution in [1.82, 2.24) is 20.2 Å². The minimum absolute atomic E-state index is 0.226. The van der Waals surface area contributed by atoms with E-state index in [-0.39, 0.29) is 5.92 Å². The van der Waals surface area contributed by atoms with Crippen molar-refractivity contribution < 1.29 is 9.53 Å². The molecule has 0 saturated heterocycles. The predicted octanol–water partition coefficient (Wildman–Crippen LogP) is 6.37. The van der Waals surface area contributed by atoms with E-state index in [9.17, 15) is 4.79 Å². The lowest BCUT2D eigenvalue weighted by atomic mass is 9.69. The fraction of sp³-hybridized carbons (Fsp3) is 0.212. The van der Waals surface area contributed by atoms with Crippen LogP contribution in [0.3, 0.4) is 0 Å². The number of fused-ring (bicyclic) bond motifs is 1. The zero-order chi connectivity index (χ0) is 26.4. The van der Waals surface area contributed by atoms with Gasteiger partial charge in [-0.15, -0.1) is 10.2 Å². The average Bonchev–Trinajstić information content (AvgIpc) is 3.48. The van der Waals surface area contributed by atoms with Gasteiger partial charge in [-0.1, -0.05) is 91.0 Å². The smallest absolute Gasteiger partial charge is 0.204 e. The van der Waals surface area contributed by atoms with Gasteiger partial charge in [0.2, 0.25) is 5.82 Å². The maximum absolute atomic E-state index is 10.7. The largest absolute Gasteiger partial charge is 0.489 e. The molecule has 0 radical (unpaired) electrons. The van der Waals surface area contributed by atoms with E-state index in [1.54, 1.807) is 0 Å². The molecule has 6 nitrogen and oxygen atoms in total. The van der Waals surface area contributed by atoms with Crippen molar-refractivity contribution in [3.63, 3.8) is 0 Å². The number of carbonyl (C=O) groups is 1. The van der Waals surface area contributed by atoms with Crippen molar-refractivity contribution in [2.24, 2.45) is 0 Å². The summed E-state index contributed by atoms with van der Waals surface area (Å²) < 4.78 is 6.16. The summed E-state index contributed by atoms with van der Waals surface area (Å²) in [6.45, 7) is 0.994. The van der Waals surface area contributed by atoms with E-state index in [2.05, 4.69) is 100 Å². The molecule has 1 unspecified atom stereocenters. The van der Waals surface area contributed by atoms with Crippen molar-refractivity contribution in [3.8, 4) is 17.1 Å². The molecule has 0 spiro atoms. The van der Waals surface area contributed by atoms with Crippen LogP contribution in [0.1, 0.15) is 52.5 Å². The van der Waals surface area contributed by atoms with E-state index < -0.39 is 0 Å². The maximum atomic E-state index is 10.7. The minimum Gasteiger partial charge on any atom is -0.489 e. The molecule has 194 valence electrons. The van der Waals surface area contributed by atoms with Crippen molar-refractivity contribution in [3.05, 3.63) is 131 Å². The fourth-order valence-corrected chi connectivity index (χ4v) is 5.56. The summed E-state index contributed by atoms with van der Waals surface area (Å²) in [4.78, 5) is 12.1. The first-order valence-corrected chi connectivity index (χ1v) is 13.4. The fourth-order valence-electron chi connectivity index (χ4n) is 5.56. The average molecular weight is 515 g/mol. The second kappa shape index (κ2) is 11.4. The van der Waals surface area contributed by atoms with Crippen LogP contribution in [0.2, 0.25) is 0 Å². The number of ether oxygens (including phenoxy) is 1. The molecule has 0 saturated carbocycles. The SMILES string of the molecule is O=CCCn1nnc(-c2ccc(C3c4ccc(OCc5ccccc5)cc4CC[C@@H]3c3ccccc3)cc2)n1. The zero-order valence-corrected chi connectivity index (χ0v) is 21.7. The van der Waals surface area contributed by atoms with Gasteiger partial charge in [0, 0.05) is 17.9 Å². The first-order chi connectivity index (χ1) is 19.3. The summed E-state index contributed by atoms with van der Waals surface area (Å²) in [5.41, 5.74) is 7.40. The van der Waals surface area contributed by atoms with E-state index in [0.29, 0.717) is 31.3 Å². The summed E-state index contributed by atoms with van der Waals surface area (Å²) in [5.74, 6) is 2.08. The Kier molecular flexibility index (Phi) is 7.25. The number of aryl methyl sites for hydroxylation is 2. The molecule has 4 aromatic carbocycles. The first kappa shape index (κ1) is 24.7. The van der Waals surface area contributed by atoms with Gasteiger partial charge in [-0.3, -0.25) is 0 Å². The highest BCUT2D eigenvalue weighted by atomic mass is 16.5. The molecule has 0 bridgehead atoms. The molecule has 1 aromatic heterocycles. The normalized spacial score (nSPS) is 16.4. The Balaban J connectivity index is 1.30. The number of benzene rings is 4. The van der Waals surface area contributed by atoms with E-state index in [1.807, 2.05) is 18.2 Å². The molecular weight excluding hydrogens is 484 g/mol. The van der Waals surface area contributed by atoms with Crippen molar-refractivity contribution >= 4 is 6.29 Å². The van der Waals surface area contributed by atoms with Crippen LogP contribution >= 0.6 is 0 Å². The number of aldehydes is 1. The molecule has 5 aromatic rings. The Labute approximate surface area is 228 Å². The predicted molar refractivity (Wildman–Crippen MR) is 150 cm³/mol. The molecule has 6 rings (SSSR count). The standard InChI is InChI=1S/C33H30N4O2/c38-21-7-20-37-35-33(34-36-37)27-14-12-26(13-15-27)32-30(25-10-5-2-6-11-25)18-16-28-22-29(17-19-31(28)32)39-23-24-8-3-1-4-9-24/h1-6,8-15,17,19,21-22,30,32H,7,16,18,20,23H2/t30-,32?/m1/s1. The van der Waals surface area contributed by atoms with E-state index in [1.165, 1.54) is 27.1 Å². The van der Waals surface area contributed by atoms with Gasteiger partial charge in [-0.05, 0) is 63.9 Å². The van der Waals surface area contributed by atoms with Crippen LogP contribution in [0.15, 0.2) is 103 Å². The van der Waals surface area contributed by atoms with E-state index >= 15 is 0 Å². The number of aromatic nitrogens is 4. The number of nitrogens with zero attached hydrogens (tertiary/aromatic N) is 4. The Morgan fingerprint density at radius 3 is 2.41 bits per heavy atom. The molecule has 0 aliphatic heterocycles. The van der Waals surface area contributed by atoms with Gasteiger partial charge in [0.1, 0.15) is 18.6 Å². The second-order valence-corrected chi connectivity index (χ2v) is 9.95. The molecule has 1 heterocycles. The molecule has 0 amide bonds. The minimum atomic E-state index is 0.226. The van der Waals surface area contributed by atoms with Crippen LogP contribution in [0.25, 0.3) is 11.4 Å². The monoisotopic (exact) mass is 514 g/mol. The maximum Gasteiger partial charge on any atom is 0.204 e. The summed E-state index contributed by atoms with van der Waals surface area (Å²) in [6.07, 6.45) is 3.31. The summed E-state index contributed by atoms with van der Waals surface area (Å²) >= 11 is 0. The van der Waals surface area contributed by atoms with Crippen LogP contribution in [0.5, 0.6) is 5.75 Å². The van der Waals surface area contributed by atoms with E-state index in [0.717, 1.165) is 36.0 Å². The van der Waals surface area contributed by atoms with Gasteiger partial charge in [0.15, 0.2) is 0 Å². The van der Waals surface area contributed by atoms with Gasteiger partial charge in [0.05, 0.1) is 6.54 Å². The second-order valence-electron chi connectivity index (χ2n) is 9.95. The van der Waals surface area contributed by atoms with Crippen molar-refractivity contribution in [2.75, 3.05) is 0 Å². The first-order valence-electron chi connectivity index (χ1n) is 13.4. The van der Waals surface area contributed by atoms with Crippen LogP contribution < -0.4 is 4.74 Å². The molecule has 0 N–H and O–H groups in total. The number of hydrogen-bond donors (Lipinski definition) is 0. The van der Waals surface area contributed by atoms with Crippen molar-refractivity contribution in [2.45, 2.75) is 44.2 Å². The zero-order valence-electron chi connectivity index (χ0n) is 21.7. The van der Waals surface area contributed by atoms with Gasteiger partial charge < -0.3 is 9.53 Å². The molecule has 6 heteroatoms. The molecule has 1 aliphatic rings. The summed E-state index contributed by atoms with van der Waals surface area (Å²) in [5, 5.41) is 12.7. The number of rotatable bonds is 9. The van der Waals surface area contributed by atoms with Gasteiger partial charge in [-0.2, -0.15) is 4.80 Å².